The molecule has 0 radical (unpaired) electrons. The van der Waals surface area contributed by atoms with Gasteiger partial charge in [-0.15, -0.1) is 0 Å². The van der Waals surface area contributed by atoms with E-state index in [1.807, 2.05) is 34.9 Å². The van der Waals surface area contributed by atoms with Crippen molar-refractivity contribution in [3.63, 3.8) is 0 Å². The number of nitrogens with zero attached hydrogens (tertiary/aromatic N) is 2. The van der Waals surface area contributed by atoms with Gasteiger partial charge in [0.2, 0.25) is 0 Å². The molecule has 162 valence electrons. The minimum Gasteiger partial charge on any atom is -0.497 e. The van der Waals surface area contributed by atoms with Gasteiger partial charge in [-0.25, -0.2) is 0 Å². The van der Waals surface area contributed by atoms with Crippen LogP contribution in [0, 0.1) is 11.3 Å². The first-order chi connectivity index (χ1) is 15.4. The van der Waals surface area contributed by atoms with Crippen LogP contribution in [-0.2, 0) is 23.4 Å². The van der Waals surface area contributed by atoms with Gasteiger partial charge in [0.05, 0.1) is 12.8 Å². The largest absolute Gasteiger partial charge is 0.497 e. The minimum absolute atomic E-state index is 0.0340. The lowest BCUT2D eigenvalue weighted by Gasteiger charge is -2.21. The average molecular weight is 429 g/mol. The lowest BCUT2D eigenvalue weighted by molar-refractivity contribution is -0.131. The Kier molecular flexibility index (Phi) is 5.56. The standard InChI is InChI=1S/C25H23N3O4/c1-32-18-12-10-17(11-13-18)23-22(25(31,15-26)24(27)30)21-19(8-5-9-20(21)29)28(23)14-16-6-3-2-4-7-16/h2-4,6-7,10-13,31H,5,8-9,14H2,1H3,(H2,27,30). The highest BCUT2D eigenvalue weighted by atomic mass is 16.5. The quantitative estimate of drug-likeness (QED) is 0.584. The van der Waals surface area contributed by atoms with Crippen molar-refractivity contribution < 1.29 is 19.4 Å². The second-order valence-electron chi connectivity index (χ2n) is 7.81. The molecule has 2 aromatic carbocycles. The zero-order chi connectivity index (χ0) is 22.9. The number of hydrogen-bond acceptors (Lipinski definition) is 5. The smallest absolute Gasteiger partial charge is 0.269 e. The fraction of sp³-hybridized carbons (Fsp3) is 0.240. The highest BCUT2D eigenvalue weighted by molar-refractivity contribution is 6.05. The number of methoxy groups -OCH3 is 1. The molecule has 0 spiro atoms. The van der Waals surface area contributed by atoms with Crippen LogP contribution in [0.3, 0.4) is 0 Å². The fourth-order valence-corrected chi connectivity index (χ4v) is 4.35. The molecule has 0 bridgehead atoms. The molecule has 1 aliphatic carbocycles. The number of aliphatic hydroxyl groups is 1. The molecule has 4 rings (SSSR count). The normalized spacial score (nSPS) is 14.8. The Balaban J connectivity index is 2.08. The van der Waals surface area contributed by atoms with E-state index in [4.69, 9.17) is 10.5 Å². The fourth-order valence-electron chi connectivity index (χ4n) is 4.35. The molecule has 1 unspecified atom stereocenters. The summed E-state index contributed by atoms with van der Waals surface area (Å²) in [5.41, 5.74) is 5.77. The van der Waals surface area contributed by atoms with Crippen LogP contribution >= 0.6 is 0 Å². The number of hydrogen-bond donors (Lipinski definition) is 2. The van der Waals surface area contributed by atoms with E-state index in [1.54, 1.807) is 37.4 Å². The summed E-state index contributed by atoms with van der Waals surface area (Å²) in [4.78, 5) is 25.3. The molecule has 7 heteroatoms. The number of aromatic nitrogens is 1. The number of ether oxygens (including phenoxy) is 1. The number of fused-ring (bicyclic) bond motifs is 1. The molecular formula is C25H23N3O4. The van der Waals surface area contributed by atoms with Gasteiger partial charge in [-0.05, 0) is 48.2 Å². The van der Waals surface area contributed by atoms with Crippen LogP contribution in [0.5, 0.6) is 5.75 Å². The van der Waals surface area contributed by atoms with Crippen molar-refractivity contribution in [1.82, 2.24) is 4.57 Å². The second kappa shape index (κ2) is 8.33. The topological polar surface area (TPSA) is 118 Å². The average Bonchev–Trinajstić information content (AvgIpc) is 3.15. The number of carbonyl (C=O) groups excluding carboxylic acids is 2. The molecular weight excluding hydrogens is 406 g/mol. The Morgan fingerprint density at radius 3 is 2.47 bits per heavy atom. The van der Waals surface area contributed by atoms with Crippen LogP contribution in [0.1, 0.15) is 40.0 Å². The van der Waals surface area contributed by atoms with Gasteiger partial charge in [-0.1, -0.05) is 30.3 Å². The van der Waals surface area contributed by atoms with Crippen LogP contribution in [0.15, 0.2) is 54.6 Å². The summed E-state index contributed by atoms with van der Waals surface area (Å²) < 4.78 is 7.17. The first-order valence-electron chi connectivity index (χ1n) is 10.3. The molecule has 1 atom stereocenters. The zero-order valence-corrected chi connectivity index (χ0v) is 17.7. The third-order valence-electron chi connectivity index (χ3n) is 5.89. The maximum Gasteiger partial charge on any atom is 0.269 e. The number of rotatable bonds is 6. The van der Waals surface area contributed by atoms with Crippen LogP contribution in [-0.4, -0.2) is 28.5 Å². The summed E-state index contributed by atoms with van der Waals surface area (Å²) in [5, 5.41) is 20.9. The van der Waals surface area contributed by atoms with E-state index in [0.717, 1.165) is 5.56 Å². The molecule has 7 nitrogen and oxygen atoms in total. The van der Waals surface area contributed by atoms with E-state index in [2.05, 4.69) is 0 Å². The number of nitrogens with two attached hydrogens (primary N) is 1. The lowest BCUT2D eigenvalue weighted by atomic mass is 9.84. The van der Waals surface area contributed by atoms with E-state index in [1.165, 1.54) is 0 Å². The molecule has 0 fully saturated rings. The van der Waals surface area contributed by atoms with Gasteiger partial charge in [0.1, 0.15) is 11.8 Å². The summed E-state index contributed by atoms with van der Waals surface area (Å²) in [6, 6.07) is 18.4. The SMILES string of the molecule is COc1ccc(-c2c(C(O)(C#N)C(N)=O)c3c(n2Cc2ccccc2)CCCC3=O)cc1. The van der Waals surface area contributed by atoms with Gasteiger partial charge in [0.25, 0.3) is 11.5 Å². The number of ketones is 1. The van der Waals surface area contributed by atoms with Crippen molar-refractivity contribution in [2.75, 3.05) is 7.11 Å². The molecule has 1 amide bonds. The molecule has 0 saturated heterocycles. The first-order valence-corrected chi connectivity index (χ1v) is 10.3. The number of carbonyl (C=O) groups is 2. The Hall–Kier alpha value is -3.89. The van der Waals surface area contributed by atoms with Gasteiger partial charge in [0.15, 0.2) is 5.78 Å². The van der Waals surface area contributed by atoms with E-state index < -0.39 is 11.5 Å². The number of amides is 1. The molecule has 1 aromatic heterocycles. The van der Waals surface area contributed by atoms with E-state index in [0.29, 0.717) is 42.1 Å². The zero-order valence-electron chi connectivity index (χ0n) is 17.7. The van der Waals surface area contributed by atoms with Crippen molar-refractivity contribution in [2.45, 2.75) is 31.4 Å². The van der Waals surface area contributed by atoms with Gasteiger partial charge < -0.3 is 20.1 Å². The molecule has 32 heavy (non-hydrogen) atoms. The van der Waals surface area contributed by atoms with Crippen LogP contribution in [0.25, 0.3) is 11.3 Å². The minimum atomic E-state index is -2.64. The van der Waals surface area contributed by atoms with Crippen molar-refractivity contribution >= 4 is 11.7 Å². The maximum atomic E-state index is 13.0. The summed E-state index contributed by atoms with van der Waals surface area (Å²) in [5.74, 6) is -0.798. The van der Waals surface area contributed by atoms with Crippen LogP contribution in [0.2, 0.25) is 0 Å². The third kappa shape index (κ3) is 3.45. The third-order valence-corrected chi connectivity index (χ3v) is 5.89. The molecule has 0 aliphatic heterocycles. The summed E-state index contributed by atoms with van der Waals surface area (Å²) >= 11 is 0. The maximum absolute atomic E-state index is 13.0. The molecule has 1 aliphatic rings. The highest BCUT2D eigenvalue weighted by Crippen LogP contribution is 2.42. The monoisotopic (exact) mass is 429 g/mol. The molecule has 0 saturated carbocycles. The Labute approximate surface area is 185 Å². The molecule has 3 N–H and O–H groups in total. The number of primary amides is 1. The Bertz CT molecular complexity index is 1220. The predicted octanol–water partition coefficient (Wildman–Crippen LogP) is 2.93. The van der Waals surface area contributed by atoms with Gasteiger partial charge in [0, 0.05) is 29.8 Å². The van der Waals surface area contributed by atoms with Gasteiger partial charge in [-0.2, -0.15) is 5.26 Å². The lowest BCUT2D eigenvalue weighted by Crippen LogP contribution is -2.41. The summed E-state index contributed by atoms with van der Waals surface area (Å²) in [7, 11) is 1.55. The van der Waals surface area contributed by atoms with Gasteiger partial charge >= 0.3 is 0 Å². The summed E-state index contributed by atoms with van der Waals surface area (Å²) in [6.45, 7) is 0.401. The van der Waals surface area contributed by atoms with Crippen molar-refractivity contribution in [2.24, 2.45) is 5.73 Å². The first kappa shape index (κ1) is 21.3. The van der Waals surface area contributed by atoms with Crippen molar-refractivity contribution in [3.8, 4) is 23.1 Å². The van der Waals surface area contributed by atoms with E-state index in [-0.39, 0.29) is 23.3 Å². The highest BCUT2D eigenvalue weighted by Gasteiger charge is 2.46. The second-order valence-corrected chi connectivity index (χ2v) is 7.81. The Morgan fingerprint density at radius 2 is 1.88 bits per heavy atom. The van der Waals surface area contributed by atoms with Crippen molar-refractivity contribution in [1.29, 1.82) is 5.26 Å². The molecule has 3 aromatic rings. The number of benzene rings is 2. The van der Waals surface area contributed by atoms with E-state index in [9.17, 15) is 20.0 Å². The van der Waals surface area contributed by atoms with Crippen LogP contribution in [0.4, 0.5) is 0 Å². The molecule has 1 heterocycles. The van der Waals surface area contributed by atoms with Crippen LogP contribution < -0.4 is 10.5 Å². The Morgan fingerprint density at radius 1 is 1.19 bits per heavy atom. The predicted molar refractivity (Wildman–Crippen MR) is 118 cm³/mol. The van der Waals surface area contributed by atoms with Gasteiger partial charge in [-0.3, -0.25) is 9.59 Å². The number of nitriles is 1. The number of Topliss-reactive ketones (excluding diaryl/α,β-unsaturated/α-hetero) is 1. The van der Waals surface area contributed by atoms with Crippen molar-refractivity contribution in [3.05, 3.63) is 77.0 Å². The summed E-state index contributed by atoms with van der Waals surface area (Å²) in [6.07, 6.45) is 1.50. The van der Waals surface area contributed by atoms with E-state index >= 15 is 0 Å².